The Morgan fingerprint density at radius 1 is 1.10 bits per heavy atom. The highest BCUT2D eigenvalue weighted by Gasteiger charge is 2.42. The molecule has 0 amide bonds. The highest BCUT2D eigenvalue weighted by Crippen LogP contribution is 2.43. The summed E-state index contributed by atoms with van der Waals surface area (Å²) >= 11 is 0. The zero-order chi connectivity index (χ0) is 29.3. The van der Waals surface area contributed by atoms with Crippen LogP contribution in [-0.4, -0.2) is 46.3 Å². The van der Waals surface area contributed by atoms with Gasteiger partial charge in [-0.25, -0.2) is 0 Å². The minimum absolute atomic E-state index is 0.00702. The molecule has 5 atom stereocenters. The molecule has 1 aromatic carbocycles. The fraction of sp³-hybridized carbons (Fsp3) is 0.625. The molecule has 0 heterocycles. The summed E-state index contributed by atoms with van der Waals surface area (Å²) in [4.78, 5) is 28.4. The summed E-state index contributed by atoms with van der Waals surface area (Å²) in [6.45, 7) is 6.02. The lowest BCUT2D eigenvalue weighted by molar-refractivity contribution is -0.305. The number of rotatable bonds is 20. The first kappa shape index (κ1) is 34.1. The highest BCUT2D eigenvalue weighted by atomic mass is 17.1. The molecule has 0 saturated heterocycles. The van der Waals surface area contributed by atoms with Crippen LogP contribution in [-0.2, 0) is 25.6 Å². The van der Waals surface area contributed by atoms with Crippen molar-refractivity contribution in [2.75, 3.05) is 6.61 Å². The molecule has 0 aromatic heterocycles. The quantitative estimate of drug-likeness (QED) is 0.0822. The van der Waals surface area contributed by atoms with E-state index >= 15 is 0 Å². The van der Waals surface area contributed by atoms with Gasteiger partial charge in [0.2, 0.25) is 0 Å². The van der Waals surface area contributed by atoms with Gasteiger partial charge in [0, 0.05) is 18.8 Å². The van der Waals surface area contributed by atoms with Gasteiger partial charge in [0.1, 0.15) is 11.9 Å². The third kappa shape index (κ3) is 14.0. The van der Waals surface area contributed by atoms with Crippen LogP contribution in [0.3, 0.4) is 0 Å². The number of allylic oxidation sites excluding steroid dienone is 2. The predicted molar refractivity (Wildman–Crippen MR) is 154 cm³/mol. The number of aliphatic hydroxyl groups is 1. The third-order valence-electron chi connectivity index (χ3n) is 7.73. The summed E-state index contributed by atoms with van der Waals surface area (Å²) in [5.41, 5.74) is 2.46. The molecule has 8 heteroatoms. The summed E-state index contributed by atoms with van der Waals surface area (Å²) in [6, 6.07) is 10.1. The van der Waals surface area contributed by atoms with E-state index in [-0.39, 0.29) is 42.7 Å². The maximum absolute atomic E-state index is 12.7. The Hall–Kier alpha value is -2.10. The van der Waals surface area contributed by atoms with Crippen molar-refractivity contribution in [2.24, 2.45) is 17.8 Å². The van der Waals surface area contributed by atoms with Crippen LogP contribution in [0, 0.1) is 35.8 Å². The van der Waals surface area contributed by atoms with Crippen molar-refractivity contribution in [1.82, 2.24) is 5.39 Å². The lowest BCUT2D eigenvalue weighted by Crippen LogP contribution is -2.27. The number of benzene rings is 1. The number of Topliss-reactive ketones (excluding diaryl/α,β-unsaturated/α-hetero) is 1. The summed E-state index contributed by atoms with van der Waals surface area (Å²) in [7, 11) is 0. The van der Waals surface area contributed by atoms with Gasteiger partial charge in [-0.1, -0.05) is 55.3 Å². The van der Waals surface area contributed by atoms with E-state index in [9.17, 15) is 19.9 Å². The van der Waals surface area contributed by atoms with Crippen LogP contribution in [0.5, 0.6) is 0 Å². The fourth-order valence-corrected chi connectivity index (χ4v) is 5.42. The van der Waals surface area contributed by atoms with E-state index in [0.717, 1.165) is 32.1 Å². The number of nitrogens with zero attached hydrogens (tertiary/aromatic N) is 1. The fourth-order valence-electron chi connectivity index (χ4n) is 5.42. The first-order chi connectivity index (χ1) is 19.2. The number of ether oxygens (including phenoxy) is 1. The Bertz CT molecular complexity index is 889. The van der Waals surface area contributed by atoms with E-state index in [2.05, 4.69) is 43.3 Å². The van der Waals surface area contributed by atoms with Crippen LogP contribution < -0.4 is 0 Å². The molecular weight excluding hydrogens is 510 g/mol. The first-order valence-electron chi connectivity index (χ1n) is 14.7. The topological polar surface area (TPSA) is 119 Å². The highest BCUT2D eigenvalue weighted by molar-refractivity contribution is 5.75. The first-order valence-corrected chi connectivity index (χ1v) is 14.7. The Labute approximate surface area is 240 Å². The predicted octanol–water partition coefficient (Wildman–Crippen LogP) is 6.35. The molecule has 0 aliphatic heterocycles. The third-order valence-corrected chi connectivity index (χ3v) is 7.73. The van der Waals surface area contributed by atoms with Crippen molar-refractivity contribution in [3.05, 3.63) is 65.6 Å². The molecule has 0 bridgehead atoms. The van der Waals surface area contributed by atoms with Crippen LogP contribution >= 0.6 is 0 Å². The number of aryl methyl sites for hydroxylation is 1. The van der Waals surface area contributed by atoms with Gasteiger partial charge in [-0.3, -0.25) is 9.63 Å². The van der Waals surface area contributed by atoms with Gasteiger partial charge in [0.25, 0.3) is 0 Å². The lowest BCUT2D eigenvalue weighted by atomic mass is 9.82. The SMILES string of the molecule is CC(=O)CCC/C(C)=C\C[C@H]1C(C)C[C@@H](OC(=O)CCCCCON([O-])O)[C@@H]1[CH][CH][C@@H](O)CCc1ccccc1. The van der Waals surface area contributed by atoms with Gasteiger partial charge in [-0.2, -0.15) is 0 Å². The Balaban J connectivity index is 1.93. The standard InChI is InChI=1S/C32H48NO7/c1-24(11-10-12-26(3)34)16-20-29-25(2)23-31(40-32(36)15-8-5-9-22-39-33(37)38)30(29)21-19-28(35)18-17-27-13-6-4-7-14-27/h4,6-7,13-14,16,19,21,25,28-31,35,37H,5,8-12,15,17-18,20,22-23H2,1-3H3/q-1/b24-16-/t25?,28-,29-,30+,31+/m0/s1. The number of hydrogen-bond acceptors (Lipinski definition) is 8. The van der Waals surface area contributed by atoms with Gasteiger partial charge in [-0.15, -0.1) is 5.39 Å². The van der Waals surface area contributed by atoms with Gasteiger partial charge in [0.05, 0.1) is 12.7 Å². The molecular formula is C32H48NO7-. The molecule has 1 aromatic rings. The van der Waals surface area contributed by atoms with E-state index in [4.69, 9.17) is 9.94 Å². The molecule has 2 radical (unpaired) electrons. The van der Waals surface area contributed by atoms with E-state index in [1.54, 1.807) is 6.92 Å². The number of carbonyl (C=O) groups excluding carboxylic acids is 2. The molecule has 40 heavy (non-hydrogen) atoms. The van der Waals surface area contributed by atoms with Crippen LogP contribution in [0.15, 0.2) is 42.0 Å². The van der Waals surface area contributed by atoms with Crippen molar-refractivity contribution in [3.8, 4) is 0 Å². The van der Waals surface area contributed by atoms with E-state index in [1.165, 1.54) is 11.1 Å². The van der Waals surface area contributed by atoms with Crippen molar-refractivity contribution in [1.29, 1.82) is 0 Å². The number of aliphatic hydroxyl groups excluding tert-OH is 1. The molecule has 224 valence electrons. The van der Waals surface area contributed by atoms with Gasteiger partial charge in [0.15, 0.2) is 0 Å². The van der Waals surface area contributed by atoms with Crippen molar-refractivity contribution < 1.29 is 29.5 Å². The van der Waals surface area contributed by atoms with E-state index < -0.39 is 11.5 Å². The molecule has 1 saturated carbocycles. The molecule has 1 unspecified atom stereocenters. The van der Waals surface area contributed by atoms with E-state index in [0.29, 0.717) is 38.0 Å². The summed E-state index contributed by atoms with van der Waals surface area (Å²) in [5, 5.41) is 28.9. The van der Waals surface area contributed by atoms with E-state index in [1.807, 2.05) is 24.6 Å². The second-order valence-electron chi connectivity index (χ2n) is 11.2. The Kier molecular flexibility index (Phi) is 16.3. The van der Waals surface area contributed by atoms with Crippen molar-refractivity contribution >= 4 is 11.8 Å². The van der Waals surface area contributed by atoms with Crippen LogP contribution in [0.2, 0.25) is 0 Å². The zero-order valence-corrected chi connectivity index (χ0v) is 24.4. The van der Waals surface area contributed by atoms with Gasteiger partial charge >= 0.3 is 5.97 Å². The lowest BCUT2D eigenvalue weighted by Gasteiger charge is -2.26. The summed E-state index contributed by atoms with van der Waals surface area (Å²) < 4.78 is 5.97. The second-order valence-corrected chi connectivity index (χ2v) is 11.2. The normalized spacial score (nSPS) is 22.0. The minimum Gasteiger partial charge on any atom is -0.738 e. The average molecular weight is 559 g/mol. The van der Waals surface area contributed by atoms with Crippen LogP contribution in [0.4, 0.5) is 0 Å². The van der Waals surface area contributed by atoms with Crippen molar-refractivity contribution in [2.45, 2.75) is 104 Å². The zero-order valence-electron chi connectivity index (χ0n) is 24.4. The molecule has 2 rings (SSSR count). The monoisotopic (exact) mass is 558 g/mol. The molecule has 1 aliphatic carbocycles. The number of ketones is 1. The molecule has 2 N–H and O–H groups in total. The maximum Gasteiger partial charge on any atom is 0.306 e. The number of esters is 1. The molecule has 1 aliphatic rings. The smallest absolute Gasteiger partial charge is 0.306 e. The maximum atomic E-state index is 12.7. The van der Waals surface area contributed by atoms with Gasteiger partial charge in [-0.05, 0) is 95.5 Å². The van der Waals surface area contributed by atoms with Crippen molar-refractivity contribution in [3.63, 3.8) is 0 Å². The second kappa shape index (κ2) is 19.1. The average Bonchev–Trinajstić information content (AvgIpc) is 3.20. The number of hydrogen-bond donors (Lipinski definition) is 2. The summed E-state index contributed by atoms with van der Waals surface area (Å²) in [6.07, 6.45) is 12.9. The largest absolute Gasteiger partial charge is 0.738 e. The minimum atomic E-state index is -0.580. The Morgan fingerprint density at radius 3 is 2.55 bits per heavy atom. The molecule has 0 spiro atoms. The summed E-state index contributed by atoms with van der Waals surface area (Å²) in [5.74, 6) is 0.605. The number of unbranched alkanes of at least 4 members (excludes halogenated alkanes) is 2. The van der Waals surface area contributed by atoms with Gasteiger partial charge < -0.3 is 25.1 Å². The van der Waals surface area contributed by atoms with Crippen LogP contribution in [0.1, 0.15) is 90.5 Å². The number of carbonyl (C=O) groups is 2. The molecule has 8 nitrogen and oxygen atoms in total. The van der Waals surface area contributed by atoms with Crippen LogP contribution in [0.25, 0.3) is 0 Å². The molecule has 1 fully saturated rings. The Morgan fingerprint density at radius 2 is 1.85 bits per heavy atom.